The van der Waals surface area contributed by atoms with Crippen LogP contribution in [0.3, 0.4) is 0 Å². The molecule has 0 aliphatic carbocycles. The Morgan fingerprint density at radius 2 is 1.94 bits per heavy atom. The van der Waals surface area contributed by atoms with Gasteiger partial charge in [-0.15, -0.1) is 0 Å². The Kier molecular flexibility index (Phi) is 3.09. The van der Waals surface area contributed by atoms with E-state index in [0.717, 1.165) is 16.9 Å². The van der Waals surface area contributed by atoms with E-state index in [1.54, 1.807) is 18.2 Å². The highest BCUT2D eigenvalue weighted by molar-refractivity contribution is 5.91. The average molecular weight is 232 g/mol. The summed E-state index contributed by atoms with van der Waals surface area (Å²) in [6.07, 6.45) is 0.569. The minimum absolute atomic E-state index is 0.0848. The van der Waals surface area contributed by atoms with Crippen LogP contribution in [0.2, 0.25) is 0 Å². The maximum Gasteiger partial charge on any atom is 0.194 e. The molecule has 0 aliphatic rings. The molecule has 2 nitrogen and oxygen atoms in total. The topological polar surface area (TPSA) is 30.2 Å². The van der Waals surface area contributed by atoms with Crippen LogP contribution in [-0.4, -0.2) is 5.78 Å². The molecule has 0 unspecified atom stereocenters. The molecule has 2 rings (SSSR count). The second-order valence-electron chi connectivity index (χ2n) is 4.08. The SMILES string of the molecule is CC(=O)c1cc(C)c(Cc2ccc(F)cc2)o1. The lowest BCUT2D eigenvalue weighted by Crippen LogP contribution is -1.89. The van der Waals surface area contributed by atoms with Crippen LogP contribution in [-0.2, 0) is 6.42 Å². The first-order valence-corrected chi connectivity index (χ1v) is 5.41. The Morgan fingerprint density at radius 3 is 2.47 bits per heavy atom. The normalized spacial score (nSPS) is 10.5. The van der Waals surface area contributed by atoms with Gasteiger partial charge in [0, 0.05) is 13.3 Å². The summed E-state index contributed by atoms with van der Waals surface area (Å²) in [6, 6.07) is 8.00. The molecule has 1 aromatic carbocycles. The molecule has 0 atom stereocenters. The van der Waals surface area contributed by atoms with Gasteiger partial charge in [0.25, 0.3) is 0 Å². The molecule has 0 saturated carbocycles. The molecule has 3 heteroatoms. The lowest BCUT2D eigenvalue weighted by Gasteiger charge is -1.99. The fourth-order valence-electron chi connectivity index (χ4n) is 1.66. The van der Waals surface area contributed by atoms with Gasteiger partial charge in [-0.2, -0.15) is 0 Å². The molecule has 0 saturated heterocycles. The molecule has 1 aromatic heterocycles. The third kappa shape index (κ3) is 2.61. The first-order chi connectivity index (χ1) is 8.06. The van der Waals surface area contributed by atoms with E-state index in [2.05, 4.69) is 0 Å². The van der Waals surface area contributed by atoms with E-state index in [4.69, 9.17) is 4.42 Å². The number of Topliss-reactive ketones (excluding diaryl/α,β-unsaturated/α-hetero) is 1. The van der Waals surface area contributed by atoms with E-state index < -0.39 is 0 Å². The molecule has 0 radical (unpaired) electrons. The Bertz CT molecular complexity index is 538. The lowest BCUT2D eigenvalue weighted by atomic mass is 10.1. The summed E-state index contributed by atoms with van der Waals surface area (Å²) in [4.78, 5) is 11.2. The van der Waals surface area contributed by atoms with Crippen LogP contribution < -0.4 is 0 Å². The summed E-state index contributed by atoms with van der Waals surface area (Å²) in [5.41, 5.74) is 1.90. The Labute approximate surface area is 99.1 Å². The summed E-state index contributed by atoms with van der Waals surface area (Å²) in [7, 11) is 0. The summed E-state index contributed by atoms with van der Waals surface area (Å²) in [5, 5.41) is 0. The van der Waals surface area contributed by atoms with Crippen molar-refractivity contribution in [3.05, 3.63) is 58.8 Å². The molecular weight excluding hydrogens is 219 g/mol. The number of hydrogen-bond acceptors (Lipinski definition) is 2. The van der Waals surface area contributed by atoms with Gasteiger partial charge in [0.05, 0.1) is 0 Å². The van der Waals surface area contributed by atoms with Gasteiger partial charge in [-0.05, 0) is 36.2 Å². The highest BCUT2D eigenvalue weighted by Gasteiger charge is 2.11. The van der Waals surface area contributed by atoms with Gasteiger partial charge in [-0.1, -0.05) is 12.1 Å². The van der Waals surface area contributed by atoms with Crippen molar-refractivity contribution in [2.75, 3.05) is 0 Å². The summed E-state index contributed by atoms with van der Waals surface area (Å²) >= 11 is 0. The van der Waals surface area contributed by atoms with Crippen molar-refractivity contribution in [2.45, 2.75) is 20.3 Å². The first kappa shape index (κ1) is 11.6. The van der Waals surface area contributed by atoms with Gasteiger partial charge >= 0.3 is 0 Å². The number of carbonyl (C=O) groups is 1. The highest BCUT2D eigenvalue weighted by atomic mass is 19.1. The molecule has 1 heterocycles. The number of carbonyl (C=O) groups excluding carboxylic acids is 1. The minimum atomic E-state index is -0.255. The van der Waals surface area contributed by atoms with Crippen LogP contribution in [0.25, 0.3) is 0 Å². The number of halogens is 1. The molecule has 88 valence electrons. The van der Waals surface area contributed by atoms with Gasteiger partial charge in [-0.3, -0.25) is 4.79 Å². The molecule has 2 aromatic rings. The van der Waals surface area contributed by atoms with Gasteiger partial charge in [0.15, 0.2) is 11.5 Å². The number of furan rings is 1. The second-order valence-corrected chi connectivity index (χ2v) is 4.08. The Balaban J connectivity index is 2.24. The maximum absolute atomic E-state index is 12.7. The number of hydrogen-bond donors (Lipinski definition) is 0. The molecular formula is C14H13FO2. The van der Waals surface area contributed by atoms with Gasteiger partial charge in [-0.25, -0.2) is 4.39 Å². The van der Waals surface area contributed by atoms with E-state index in [1.165, 1.54) is 19.1 Å². The van der Waals surface area contributed by atoms with Crippen molar-refractivity contribution in [2.24, 2.45) is 0 Å². The van der Waals surface area contributed by atoms with Crippen LogP contribution in [0.15, 0.2) is 34.7 Å². The van der Waals surface area contributed by atoms with E-state index in [9.17, 15) is 9.18 Å². The molecule has 0 bridgehead atoms. The zero-order valence-corrected chi connectivity index (χ0v) is 9.79. The van der Waals surface area contributed by atoms with Crippen LogP contribution in [0.5, 0.6) is 0 Å². The lowest BCUT2D eigenvalue weighted by molar-refractivity contribution is 0.0985. The molecule has 0 spiro atoms. The fraction of sp³-hybridized carbons (Fsp3) is 0.214. The van der Waals surface area contributed by atoms with E-state index >= 15 is 0 Å². The third-order valence-corrected chi connectivity index (χ3v) is 2.65. The first-order valence-electron chi connectivity index (χ1n) is 5.41. The largest absolute Gasteiger partial charge is 0.457 e. The van der Waals surface area contributed by atoms with Crippen LogP contribution in [0, 0.1) is 12.7 Å². The number of aryl methyl sites for hydroxylation is 1. The predicted molar refractivity (Wildman–Crippen MR) is 62.7 cm³/mol. The summed E-state index contributed by atoms with van der Waals surface area (Å²) in [6.45, 7) is 3.37. The van der Waals surface area contributed by atoms with Crippen LogP contribution in [0.1, 0.15) is 34.4 Å². The number of benzene rings is 1. The summed E-state index contributed by atoms with van der Waals surface area (Å²) < 4.78 is 18.2. The van der Waals surface area contributed by atoms with E-state index in [-0.39, 0.29) is 11.6 Å². The van der Waals surface area contributed by atoms with Crippen molar-refractivity contribution >= 4 is 5.78 Å². The third-order valence-electron chi connectivity index (χ3n) is 2.65. The average Bonchev–Trinajstić information content (AvgIpc) is 2.64. The minimum Gasteiger partial charge on any atom is -0.457 e. The van der Waals surface area contributed by atoms with Gasteiger partial charge in [0.2, 0.25) is 0 Å². The van der Waals surface area contributed by atoms with Crippen molar-refractivity contribution in [3.8, 4) is 0 Å². The van der Waals surface area contributed by atoms with Crippen molar-refractivity contribution in [1.29, 1.82) is 0 Å². The molecule has 0 amide bonds. The second kappa shape index (κ2) is 4.53. The van der Waals surface area contributed by atoms with Gasteiger partial charge < -0.3 is 4.42 Å². The molecule has 0 aliphatic heterocycles. The van der Waals surface area contributed by atoms with Crippen LogP contribution in [0.4, 0.5) is 4.39 Å². The summed E-state index contributed by atoms with van der Waals surface area (Å²) in [5.74, 6) is 0.786. The number of rotatable bonds is 3. The molecule has 0 N–H and O–H groups in total. The fourth-order valence-corrected chi connectivity index (χ4v) is 1.66. The van der Waals surface area contributed by atoms with Crippen molar-refractivity contribution in [3.63, 3.8) is 0 Å². The smallest absolute Gasteiger partial charge is 0.194 e. The monoisotopic (exact) mass is 232 g/mol. The molecule has 17 heavy (non-hydrogen) atoms. The molecule has 0 fully saturated rings. The number of ketones is 1. The predicted octanol–water partition coefficient (Wildman–Crippen LogP) is 3.52. The zero-order chi connectivity index (χ0) is 12.4. The van der Waals surface area contributed by atoms with E-state index in [0.29, 0.717) is 12.2 Å². The van der Waals surface area contributed by atoms with Crippen molar-refractivity contribution < 1.29 is 13.6 Å². The van der Waals surface area contributed by atoms with Gasteiger partial charge in [0.1, 0.15) is 11.6 Å². The maximum atomic E-state index is 12.7. The Hall–Kier alpha value is -1.90. The standard InChI is InChI=1S/C14H13FO2/c1-9-7-14(10(2)16)17-13(9)8-11-3-5-12(15)6-4-11/h3-7H,8H2,1-2H3. The van der Waals surface area contributed by atoms with Crippen LogP contribution >= 0.6 is 0 Å². The quantitative estimate of drug-likeness (QED) is 0.758. The zero-order valence-electron chi connectivity index (χ0n) is 9.79. The van der Waals surface area contributed by atoms with Crippen molar-refractivity contribution in [1.82, 2.24) is 0 Å². The van der Waals surface area contributed by atoms with E-state index in [1.807, 2.05) is 6.92 Å². The highest BCUT2D eigenvalue weighted by Crippen LogP contribution is 2.19. The Morgan fingerprint density at radius 1 is 1.29 bits per heavy atom.